The molecule has 6 aromatic rings. The Labute approximate surface area is 240 Å². The first-order valence-electron chi connectivity index (χ1n) is 14.2. The van der Waals surface area contributed by atoms with E-state index in [1.165, 1.54) is 22.3 Å². The number of fused-ring (bicyclic) bond motifs is 3. The lowest BCUT2D eigenvalue weighted by Gasteiger charge is -2.37. The van der Waals surface area contributed by atoms with E-state index in [1.807, 2.05) is 30.6 Å². The molecule has 0 fully saturated rings. The molecule has 198 valence electrons. The molecule has 3 heteroatoms. The van der Waals surface area contributed by atoms with Crippen molar-refractivity contribution in [1.82, 2.24) is 9.55 Å². The molecular formula is C38H30N2O. The molecule has 0 saturated heterocycles. The predicted molar refractivity (Wildman–Crippen MR) is 164 cm³/mol. The second-order valence-electron chi connectivity index (χ2n) is 10.7. The summed E-state index contributed by atoms with van der Waals surface area (Å²) in [6.07, 6.45) is 5.91. The standard InChI is InChI=1S/C38H30N2O/c41-37(29-20-22-36-30(25-29)24-28-12-10-11-19-35(28)36)23-21-34-26-40(27-39-34)38(31-13-4-1-5-14-31,32-15-6-2-7-16-32)33-17-8-3-9-18-33/h1-20,22,25-27H,21,23-24H2. The normalized spacial score (nSPS) is 12.1. The maximum atomic E-state index is 13.3. The Morgan fingerprint density at radius 3 is 1.85 bits per heavy atom. The van der Waals surface area contributed by atoms with Gasteiger partial charge in [-0.3, -0.25) is 4.79 Å². The van der Waals surface area contributed by atoms with E-state index < -0.39 is 5.54 Å². The van der Waals surface area contributed by atoms with Crippen LogP contribution < -0.4 is 0 Å². The number of hydrogen-bond donors (Lipinski definition) is 0. The number of ketones is 1. The number of carbonyl (C=O) groups is 1. The molecule has 5 aromatic carbocycles. The molecule has 7 rings (SSSR count). The molecule has 1 aliphatic carbocycles. The van der Waals surface area contributed by atoms with Gasteiger partial charge in [-0.05, 0) is 57.9 Å². The van der Waals surface area contributed by atoms with E-state index in [-0.39, 0.29) is 5.78 Å². The summed E-state index contributed by atoms with van der Waals surface area (Å²) in [6, 6.07) is 46.4. The number of hydrogen-bond acceptors (Lipinski definition) is 2. The number of aryl methyl sites for hydroxylation is 1. The van der Waals surface area contributed by atoms with Gasteiger partial charge in [0.25, 0.3) is 0 Å². The second-order valence-corrected chi connectivity index (χ2v) is 10.7. The molecule has 1 aromatic heterocycles. The van der Waals surface area contributed by atoms with Gasteiger partial charge >= 0.3 is 0 Å². The van der Waals surface area contributed by atoms with Gasteiger partial charge < -0.3 is 4.57 Å². The van der Waals surface area contributed by atoms with Crippen molar-refractivity contribution in [1.29, 1.82) is 0 Å². The van der Waals surface area contributed by atoms with Crippen LogP contribution in [0.3, 0.4) is 0 Å². The van der Waals surface area contributed by atoms with Crippen LogP contribution in [0.4, 0.5) is 0 Å². The van der Waals surface area contributed by atoms with Crippen molar-refractivity contribution in [3.8, 4) is 11.1 Å². The largest absolute Gasteiger partial charge is 0.319 e. The van der Waals surface area contributed by atoms with Crippen molar-refractivity contribution in [3.63, 3.8) is 0 Å². The van der Waals surface area contributed by atoms with Crippen LogP contribution in [0.1, 0.15) is 50.3 Å². The highest BCUT2D eigenvalue weighted by atomic mass is 16.1. The number of Topliss-reactive ketones (excluding diaryl/α,β-unsaturated/α-hetero) is 1. The average molecular weight is 531 g/mol. The van der Waals surface area contributed by atoms with Gasteiger partial charge in [-0.15, -0.1) is 0 Å². The molecule has 1 aliphatic rings. The quantitative estimate of drug-likeness (QED) is 0.147. The minimum absolute atomic E-state index is 0.152. The maximum Gasteiger partial charge on any atom is 0.163 e. The van der Waals surface area contributed by atoms with Crippen molar-refractivity contribution in [3.05, 3.63) is 185 Å². The lowest BCUT2D eigenvalue weighted by atomic mass is 9.77. The van der Waals surface area contributed by atoms with Crippen LogP contribution in [0.15, 0.2) is 146 Å². The Kier molecular flexibility index (Phi) is 6.41. The summed E-state index contributed by atoms with van der Waals surface area (Å²) in [4.78, 5) is 18.1. The highest BCUT2D eigenvalue weighted by Crippen LogP contribution is 2.41. The van der Waals surface area contributed by atoms with Crippen LogP contribution in [0, 0.1) is 0 Å². The topological polar surface area (TPSA) is 34.9 Å². The lowest BCUT2D eigenvalue weighted by Crippen LogP contribution is -2.36. The summed E-state index contributed by atoms with van der Waals surface area (Å²) in [7, 11) is 0. The van der Waals surface area contributed by atoms with E-state index >= 15 is 0 Å². The highest BCUT2D eigenvalue weighted by Gasteiger charge is 2.38. The number of aromatic nitrogens is 2. The lowest BCUT2D eigenvalue weighted by molar-refractivity contribution is 0.0982. The van der Waals surface area contributed by atoms with Crippen LogP contribution in [-0.4, -0.2) is 15.3 Å². The number of rotatable bonds is 8. The molecule has 0 N–H and O–H groups in total. The summed E-state index contributed by atoms with van der Waals surface area (Å²) in [6.45, 7) is 0. The predicted octanol–water partition coefficient (Wildman–Crippen LogP) is 8.11. The molecule has 1 heterocycles. The SMILES string of the molecule is O=C(CCc1cn(C(c2ccccc2)(c2ccccc2)c2ccccc2)cn1)c1ccc2c(c1)Cc1ccccc1-2. The average Bonchev–Trinajstić information content (AvgIpc) is 3.66. The van der Waals surface area contributed by atoms with Crippen molar-refractivity contribution < 1.29 is 4.79 Å². The van der Waals surface area contributed by atoms with Crippen LogP contribution in [0.2, 0.25) is 0 Å². The summed E-state index contributed by atoms with van der Waals surface area (Å²) < 4.78 is 2.21. The molecule has 3 nitrogen and oxygen atoms in total. The van der Waals surface area contributed by atoms with Crippen LogP contribution in [0.25, 0.3) is 11.1 Å². The number of nitrogens with zero attached hydrogens (tertiary/aromatic N) is 2. The van der Waals surface area contributed by atoms with Crippen molar-refractivity contribution >= 4 is 5.78 Å². The van der Waals surface area contributed by atoms with Gasteiger partial charge in [-0.1, -0.05) is 127 Å². The Bertz CT molecular complexity index is 1720. The fourth-order valence-electron chi connectivity index (χ4n) is 6.37. The van der Waals surface area contributed by atoms with E-state index in [1.54, 1.807) is 0 Å². The van der Waals surface area contributed by atoms with Gasteiger partial charge in [0.1, 0.15) is 5.54 Å². The summed E-state index contributed by atoms with van der Waals surface area (Å²) >= 11 is 0. The fourth-order valence-corrected chi connectivity index (χ4v) is 6.37. The third kappa shape index (κ3) is 4.40. The Hall–Kier alpha value is -5.02. The molecule has 0 atom stereocenters. The molecule has 0 radical (unpaired) electrons. The monoisotopic (exact) mass is 530 g/mol. The number of carbonyl (C=O) groups excluding carboxylic acids is 1. The zero-order valence-corrected chi connectivity index (χ0v) is 22.8. The van der Waals surface area contributed by atoms with E-state index in [0.29, 0.717) is 12.8 Å². The summed E-state index contributed by atoms with van der Waals surface area (Å²) in [5.74, 6) is 0.152. The molecule has 0 bridgehead atoms. The molecular weight excluding hydrogens is 500 g/mol. The van der Waals surface area contributed by atoms with E-state index in [2.05, 4.69) is 120 Å². The van der Waals surface area contributed by atoms with E-state index in [0.717, 1.165) is 34.4 Å². The zero-order chi connectivity index (χ0) is 27.6. The minimum atomic E-state index is -0.603. The Balaban J connectivity index is 1.20. The van der Waals surface area contributed by atoms with Gasteiger partial charge in [-0.25, -0.2) is 4.98 Å². The van der Waals surface area contributed by atoms with Crippen LogP contribution >= 0.6 is 0 Å². The van der Waals surface area contributed by atoms with Crippen molar-refractivity contribution in [2.24, 2.45) is 0 Å². The zero-order valence-electron chi connectivity index (χ0n) is 22.8. The first-order valence-corrected chi connectivity index (χ1v) is 14.2. The highest BCUT2D eigenvalue weighted by molar-refractivity contribution is 5.97. The van der Waals surface area contributed by atoms with Crippen molar-refractivity contribution in [2.75, 3.05) is 0 Å². The number of benzene rings is 5. The van der Waals surface area contributed by atoms with Gasteiger partial charge in [0, 0.05) is 18.2 Å². The molecule has 0 amide bonds. The Morgan fingerprint density at radius 1 is 0.659 bits per heavy atom. The fraction of sp³-hybridized carbons (Fsp3) is 0.105. The smallest absolute Gasteiger partial charge is 0.163 e. The first kappa shape index (κ1) is 25.0. The molecule has 0 saturated carbocycles. The third-order valence-electron chi connectivity index (χ3n) is 8.32. The summed E-state index contributed by atoms with van der Waals surface area (Å²) in [5, 5.41) is 0. The molecule has 0 unspecified atom stereocenters. The Morgan fingerprint density at radius 2 is 1.22 bits per heavy atom. The molecule has 41 heavy (non-hydrogen) atoms. The summed E-state index contributed by atoms with van der Waals surface area (Å²) in [5.41, 5.74) is 9.62. The number of imidazole rings is 1. The van der Waals surface area contributed by atoms with Gasteiger partial charge in [0.15, 0.2) is 5.78 Å². The molecule has 0 spiro atoms. The first-order chi connectivity index (χ1) is 20.2. The van der Waals surface area contributed by atoms with Gasteiger partial charge in [-0.2, -0.15) is 0 Å². The van der Waals surface area contributed by atoms with Crippen molar-refractivity contribution in [2.45, 2.75) is 24.8 Å². The maximum absolute atomic E-state index is 13.3. The second kappa shape index (κ2) is 10.5. The van der Waals surface area contributed by atoms with Crippen LogP contribution in [-0.2, 0) is 18.4 Å². The van der Waals surface area contributed by atoms with E-state index in [4.69, 9.17) is 4.98 Å². The molecule has 0 aliphatic heterocycles. The van der Waals surface area contributed by atoms with Gasteiger partial charge in [0.2, 0.25) is 0 Å². The van der Waals surface area contributed by atoms with Gasteiger partial charge in [0.05, 0.1) is 12.0 Å². The minimum Gasteiger partial charge on any atom is -0.319 e. The third-order valence-corrected chi connectivity index (χ3v) is 8.32. The van der Waals surface area contributed by atoms with E-state index in [9.17, 15) is 4.79 Å². The van der Waals surface area contributed by atoms with Crippen LogP contribution in [0.5, 0.6) is 0 Å².